The van der Waals surface area contributed by atoms with Crippen molar-refractivity contribution in [2.75, 3.05) is 9.80 Å². The Bertz CT molecular complexity index is 2120. The van der Waals surface area contributed by atoms with E-state index in [2.05, 4.69) is 131 Å². The first-order valence-corrected chi connectivity index (χ1v) is 15.1. The lowest BCUT2D eigenvalue weighted by atomic mass is 10.0. The van der Waals surface area contributed by atoms with Crippen molar-refractivity contribution in [1.82, 2.24) is 4.98 Å². The first-order chi connectivity index (χ1) is 22.3. The Balaban J connectivity index is 1.41. The molecule has 0 radical (unpaired) electrons. The van der Waals surface area contributed by atoms with Crippen molar-refractivity contribution < 1.29 is 4.42 Å². The summed E-state index contributed by atoms with van der Waals surface area (Å²) in [6.07, 6.45) is 0. The van der Waals surface area contributed by atoms with E-state index in [9.17, 15) is 0 Å². The molecule has 4 heteroatoms. The quantitative estimate of drug-likeness (QED) is 0.188. The summed E-state index contributed by atoms with van der Waals surface area (Å²) in [5.41, 5.74) is 8.77. The van der Waals surface area contributed by atoms with Crippen LogP contribution in [0.15, 0.2) is 180 Å². The average Bonchev–Trinajstić information content (AvgIpc) is 3.57. The summed E-state index contributed by atoms with van der Waals surface area (Å²) >= 11 is 0. The zero-order chi connectivity index (χ0) is 30.0. The van der Waals surface area contributed by atoms with Gasteiger partial charge in [-0.25, -0.2) is 4.98 Å². The van der Waals surface area contributed by atoms with Gasteiger partial charge in [0.15, 0.2) is 5.58 Å². The molecule has 0 aliphatic carbocycles. The number of nitrogens with zero attached hydrogens (tertiary/aromatic N) is 3. The highest BCUT2D eigenvalue weighted by atomic mass is 16.3. The number of hydrogen-bond donors (Lipinski definition) is 0. The Morgan fingerprint density at radius 1 is 0.422 bits per heavy atom. The molecular formula is C41H29N3O. The third kappa shape index (κ3) is 4.98. The van der Waals surface area contributed by atoms with Crippen LogP contribution >= 0.6 is 0 Å². The molecule has 0 unspecified atom stereocenters. The van der Waals surface area contributed by atoms with Gasteiger partial charge in [0.1, 0.15) is 5.52 Å². The molecule has 1 heterocycles. The normalized spacial score (nSPS) is 11.1. The lowest BCUT2D eigenvalue weighted by Crippen LogP contribution is -2.11. The van der Waals surface area contributed by atoms with Crippen molar-refractivity contribution in [2.24, 2.45) is 0 Å². The molecule has 45 heavy (non-hydrogen) atoms. The Morgan fingerprint density at radius 3 is 1.40 bits per heavy atom. The second-order valence-corrected chi connectivity index (χ2v) is 10.9. The topological polar surface area (TPSA) is 32.5 Å². The predicted molar refractivity (Wildman–Crippen MR) is 186 cm³/mol. The van der Waals surface area contributed by atoms with E-state index in [4.69, 9.17) is 9.40 Å². The van der Waals surface area contributed by atoms with Gasteiger partial charge in [-0.3, -0.25) is 0 Å². The van der Waals surface area contributed by atoms with Crippen molar-refractivity contribution in [3.05, 3.63) is 176 Å². The number of fused-ring (bicyclic) bond motifs is 3. The summed E-state index contributed by atoms with van der Waals surface area (Å²) < 4.78 is 6.65. The molecule has 214 valence electrons. The van der Waals surface area contributed by atoms with E-state index in [1.165, 1.54) is 0 Å². The van der Waals surface area contributed by atoms with Crippen molar-refractivity contribution in [2.45, 2.75) is 0 Å². The molecule has 0 N–H and O–H groups in total. The van der Waals surface area contributed by atoms with Gasteiger partial charge < -0.3 is 14.2 Å². The van der Waals surface area contributed by atoms with Crippen LogP contribution in [0.4, 0.5) is 34.1 Å². The van der Waals surface area contributed by atoms with Crippen molar-refractivity contribution in [3.8, 4) is 11.5 Å². The van der Waals surface area contributed by atoms with Gasteiger partial charge in [-0.2, -0.15) is 0 Å². The highest BCUT2D eigenvalue weighted by Gasteiger charge is 2.23. The second-order valence-electron chi connectivity index (χ2n) is 10.9. The van der Waals surface area contributed by atoms with E-state index in [0.29, 0.717) is 5.89 Å². The first kappa shape index (κ1) is 26.5. The Kier molecular flexibility index (Phi) is 6.78. The number of oxazole rings is 1. The Hall–Kier alpha value is -6.13. The van der Waals surface area contributed by atoms with Crippen LogP contribution in [0.25, 0.3) is 33.3 Å². The largest absolute Gasteiger partial charge is 0.435 e. The fraction of sp³-hybridized carbons (Fsp3) is 0. The monoisotopic (exact) mass is 579 g/mol. The van der Waals surface area contributed by atoms with Crippen LogP contribution in [0, 0.1) is 0 Å². The van der Waals surface area contributed by atoms with E-state index in [-0.39, 0.29) is 0 Å². The molecule has 0 aliphatic heterocycles. The number of hydrogen-bond acceptors (Lipinski definition) is 4. The molecule has 0 fully saturated rings. The van der Waals surface area contributed by atoms with Gasteiger partial charge in [0, 0.05) is 39.4 Å². The van der Waals surface area contributed by atoms with Crippen LogP contribution in [0.2, 0.25) is 0 Å². The van der Waals surface area contributed by atoms with Crippen LogP contribution in [-0.2, 0) is 0 Å². The highest BCUT2D eigenvalue weighted by molar-refractivity contribution is 6.12. The second kappa shape index (κ2) is 11.5. The van der Waals surface area contributed by atoms with Crippen LogP contribution in [0.1, 0.15) is 0 Å². The molecule has 0 aliphatic rings. The smallest absolute Gasteiger partial charge is 0.227 e. The van der Waals surface area contributed by atoms with Gasteiger partial charge in [-0.05, 0) is 90.3 Å². The molecule has 8 aromatic rings. The zero-order valence-corrected chi connectivity index (χ0v) is 24.5. The average molecular weight is 580 g/mol. The molecule has 4 nitrogen and oxygen atoms in total. The zero-order valence-electron chi connectivity index (χ0n) is 24.5. The molecular weight excluding hydrogens is 550 g/mol. The molecule has 7 aromatic carbocycles. The lowest BCUT2D eigenvalue weighted by molar-refractivity contribution is 0.623. The summed E-state index contributed by atoms with van der Waals surface area (Å²) in [4.78, 5) is 9.68. The Morgan fingerprint density at radius 2 is 0.889 bits per heavy atom. The number of rotatable bonds is 7. The molecule has 0 atom stereocenters. The maximum Gasteiger partial charge on any atom is 0.227 e. The molecule has 0 amide bonds. The van der Waals surface area contributed by atoms with Crippen molar-refractivity contribution in [1.29, 1.82) is 0 Å². The number of para-hydroxylation sites is 4. The van der Waals surface area contributed by atoms with Gasteiger partial charge in [0.05, 0.1) is 5.69 Å². The van der Waals surface area contributed by atoms with Crippen molar-refractivity contribution >= 4 is 56.0 Å². The van der Waals surface area contributed by atoms with Crippen LogP contribution in [0.3, 0.4) is 0 Å². The van der Waals surface area contributed by atoms with Gasteiger partial charge in [0.25, 0.3) is 0 Å². The van der Waals surface area contributed by atoms with Gasteiger partial charge in [-0.15, -0.1) is 0 Å². The minimum atomic E-state index is 0.597. The number of anilines is 6. The molecule has 0 bridgehead atoms. The van der Waals surface area contributed by atoms with E-state index >= 15 is 0 Å². The van der Waals surface area contributed by atoms with E-state index in [0.717, 1.165) is 61.6 Å². The highest BCUT2D eigenvalue weighted by Crippen LogP contribution is 2.44. The lowest BCUT2D eigenvalue weighted by Gasteiger charge is -2.27. The Labute approximate surface area is 262 Å². The number of aromatic nitrogens is 1. The summed E-state index contributed by atoms with van der Waals surface area (Å²) in [7, 11) is 0. The predicted octanol–water partition coefficient (Wildman–Crippen LogP) is 11.6. The fourth-order valence-corrected chi connectivity index (χ4v) is 5.96. The summed E-state index contributed by atoms with van der Waals surface area (Å²) in [5.74, 6) is 0.597. The van der Waals surface area contributed by atoms with Crippen LogP contribution < -0.4 is 9.80 Å². The van der Waals surface area contributed by atoms with Crippen LogP contribution in [-0.4, -0.2) is 4.98 Å². The first-order valence-electron chi connectivity index (χ1n) is 15.1. The number of benzene rings is 7. The van der Waals surface area contributed by atoms with Gasteiger partial charge in [0.2, 0.25) is 5.89 Å². The molecule has 8 rings (SSSR count). The summed E-state index contributed by atoms with van der Waals surface area (Å²) in [6, 6.07) is 60.7. The van der Waals surface area contributed by atoms with Gasteiger partial charge >= 0.3 is 0 Å². The minimum absolute atomic E-state index is 0.597. The SMILES string of the molecule is c1ccc(-c2nc3c(N(c4ccccc4)c4ccccc4)cc4cc(N(c5ccccc5)c5ccccc5)ccc4c3o2)cc1. The molecule has 1 aromatic heterocycles. The minimum Gasteiger partial charge on any atom is -0.435 e. The summed E-state index contributed by atoms with van der Waals surface area (Å²) in [5, 5.41) is 2.06. The van der Waals surface area contributed by atoms with Crippen molar-refractivity contribution in [3.63, 3.8) is 0 Å². The fourth-order valence-electron chi connectivity index (χ4n) is 5.96. The van der Waals surface area contributed by atoms with E-state index < -0.39 is 0 Å². The molecule has 0 saturated heterocycles. The maximum atomic E-state index is 6.65. The van der Waals surface area contributed by atoms with Gasteiger partial charge in [-0.1, -0.05) is 91.0 Å². The van der Waals surface area contributed by atoms with E-state index in [1.807, 2.05) is 54.6 Å². The maximum absolute atomic E-state index is 6.65. The molecule has 0 saturated carbocycles. The van der Waals surface area contributed by atoms with E-state index in [1.54, 1.807) is 0 Å². The standard InChI is InChI=1S/C41H29N3O/c1-6-16-30(17-7-1)41-42-39-38(44(34-22-12-4-13-23-34)35-24-14-5-15-25-35)29-31-28-36(26-27-37(31)40(39)45-41)43(32-18-8-2-9-19-32)33-20-10-3-11-21-33/h1-29H. The summed E-state index contributed by atoms with van der Waals surface area (Å²) in [6.45, 7) is 0. The van der Waals surface area contributed by atoms with Crippen LogP contribution in [0.5, 0.6) is 0 Å². The molecule has 0 spiro atoms. The third-order valence-electron chi connectivity index (χ3n) is 8.02. The third-order valence-corrected chi connectivity index (χ3v) is 8.02.